The van der Waals surface area contributed by atoms with Gasteiger partial charge in [-0.15, -0.1) is 0 Å². The number of ketones is 1. The minimum atomic E-state index is -0.790. The summed E-state index contributed by atoms with van der Waals surface area (Å²) in [5.74, 6) is -1.47. The van der Waals surface area contributed by atoms with Crippen molar-refractivity contribution in [2.75, 3.05) is 7.11 Å². The lowest BCUT2D eigenvalue weighted by atomic mass is 9.94. The number of methoxy groups -OCH3 is 1. The third-order valence-corrected chi connectivity index (χ3v) is 2.33. The molecule has 4 heteroatoms. The molecule has 0 spiro atoms. The second kappa shape index (κ2) is 6.15. The van der Waals surface area contributed by atoms with E-state index < -0.39 is 23.6 Å². The Balaban J connectivity index is 4.64. The quantitative estimate of drug-likeness (QED) is 0.549. The van der Waals surface area contributed by atoms with Gasteiger partial charge in [-0.1, -0.05) is 13.8 Å². The molecule has 0 aliphatic heterocycles. The standard InChI is InChI=1S/C13H24O4/c1-8(2)11(16-7)10(14)9(3)12(15)17-13(4,5)6/h8-9,11H,1-7H3. The zero-order chi connectivity index (χ0) is 13.8. The van der Waals surface area contributed by atoms with Gasteiger partial charge in [-0.3, -0.25) is 9.59 Å². The maximum atomic E-state index is 12.0. The topological polar surface area (TPSA) is 52.6 Å². The van der Waals surface area contributed by atoms with Gasteiger partial charge in [0.15, 0.2) is 5.78 Å². The van der Waals surface area contributed by atoms with Gasteiger partial charge in [0.1, 0.15) is 17.6 Å². The van der Waals surface area contributed by atoms with Gasteiger partial charge in [0, 0.05) is 7.11 Å². The zero-order valence-corrected chi connectivity index (χ0v) is 11.9. The van der Waals surface area contributed by atoms with E-state index in [4.69, 9.17) is 9.47 Å². The molecule has 17 heavy (non-hydrogen) atoms. The third kappa shape index (κ3) is 5.31. The van der Waals surface area contributed by atoms with E-state index in [2.05, 4.69) is 0 Å². The molecule has 2 unspecified atom stereocenters. The van der Waals surface area contributed by atoms with E-state index in [1.54, 1.807) is 27.7 Å². The summed E-state index contributed by atoms with van der Waals surface area (Å²) in [6.07, 6.45) is -0.558. The lowest BCUT2D eigenvalue weighted by Gasteiger charge is -2.24. The fourth-order valence-electron chi connectivity index (χ4n) is 1.47. The van der Waals surface area contributed by atoms with Crippen LogP contribution in [-0.4, -0.2) is 30.6 Å². The number of hydrogen-bond donors (Lipinski definition) is 0. The summed E-state index contributed by atoms with van der Waals surface area (Å²) in [5, 5.41) is 0. The normalized spacial score (nSPS) is 15.5. The van der Waals surface area contributed by atoms with Crippen molar-refractivity contribution in [3.63, 3.8) is 0 Å². The van der Waals surface area contributed by atoms with Gasteiger partial charge in [-0.2, -0.15) is 0 Å². The van der Waals surface area contributed by atoms with Crippen LogP contribution in [0.15, 0.2) is 0 Å². The molecule has 100 valence electrons. The molecule has 0 aliphatic rings. The lowest BCUT2D eigenvalue weighted by molar-refractivity contribution is -0.163. The fraction of sp³-hybridized carbons (Fsp3) is 0.846. The van der Waals surface area contributed by atoms with Crippen molar-refractivity contribution in [2.45, 2.75) is 53.2 Å². The van der Waals surface area contributed by atoms with Crippen LogP contribution in [0.25, 0.3) is 0 Å². The first-order chi connectivity index (χ1) is 7.60. The van der Waals surface area contributed by atoms with Crippen LogP contribution in [0.1, 0.15) is 41.5 Å². The summed E-state index contributed by atoms with van der Waals surface area (Å²) in [5.41, 5.74) is -0.577. The molecule has 0 bridgehead atoms. The van der Waals surface area contributed by atoms with Crippen molar-refractivity contribution in [3.8, 4) is 0 Å². The monoisotopic (exact) mass is 244 g/mol. The van der Waals surface area contributed by atoms with E-state index in [-0.39, 0.29) is 11.7 Å². The molecule has 0 N–H and O–H groups in total. The highest BCUT2D eigenvalue weighted by Crippen LogP contribution is 2.16. The van der Waals surface area contributed by atoms with Crippen molar-refractivity contribution in [1.29, 1.82) is 0 Å². The van der Waals surface area contributed by atoms with E-state index in [0.29, 0.717) is 0 Å². The number of esters is 1. The Kier molecular flexibility index (Phi) is 5.82. The molecule has 0 aromatic rings. The second-order valence-corrected chi connectivity index (χ2v) is 5.56. The first-order valence-corrected chi connectivity index (χ1v) is 5.89. The first-order valence-electron chi connectivity index (χ1n) is 5.89. The molecule has 0 aliphatic carbocycles. The Morgan fingerprint density at radius 1 is 1.06 bits per heavy atom. The SMILES string of the molecule is COC(C(=O)C(C)C(=O)OC(C)(C)C)C(C)C. The minimum absolute atomic E-state index is 0.0392. The highest BCUT2D eigenvalue weighted by Gasteiger charge is 2.33. The van der Waals surface area contributed by atoms with Crippen molar-refractivity contribution in [1.82, 2.24) is 0 Å². The molecule has 0 rings (SSSR count). The fourth-order valence-corrected chi connectivity index (χ4v) is 1.47. The van der Waals surface area contributed by atoms with Gasteiger partial charge >= 0.3 is 5.97 Å². The molecule has 4 nitrogen and oxygen atoms in total. The maximum absolute atomic E-state index is 12.0. The smallest absolute Gasteiger partial charge is 0.316 e. The Bertz CT molecular complexity index is 276. The van der Waals surface area contributed by atoms with Gasteiger partial charge in [0.05, 0.1) is 0 Å². The Labute approximate surface area is 104 Å². The van der Waals surface area contributed by atoms with E-state index in [1.807, 2.05) is 13.8 Å². The highest BCUT2D eigenvalue weighted by molar-refractivity contribution is 6.01. The molecule has 2 atom stereocenters. The molecule has 0 saturated heterocycles. The molecule has 0 radical (unpaired) electrons. The average molecular weight is 244 g/mol. The third-order valence-electron chi connectivity index (χ3n) is 2.33. The van der Waals surface area contributed by atoms with E-state index in [0.717, 1.165) is 0 Å². The summed E-state index contributed by atoms with van der Waals surface area (Å²) < 4.78 is 10.3. The molecular formula is C13H24O4. The maximum Gasteiger partial charge on any atom is 0.316 e. The van der Waals surface area contributed by atoms with Crippen LogP contribution >= 0.6 is 0 Å². The van der Waals surface area contributed by atoms with Crippen LogP contribution in [0.3, 0.4) is 0 Å². The molecule has 0 saturated carbocycles. The Morgan fingerprint density at radius 2 is 1.53 bits per heavy atom. The Hall–Kier alpha value is -0.900. The molecule has 0 heterocycles. The lowest BCUT2D eigenvalue weighted by Crippen LogP contribution is -2.39. The Morgan fingerprint density at radius 3 is 1.82 bits per heavy atom. The van der Waals surface area contributed by atoms with Crippen LogP contribution in [0.5, 0.6) is 0 Å². The number of carbonyl (C=O) groups excluding carboxylic acids is 2. The first kappa shape index (κ1) is 16.1. The van der Waals surface area contributed by atoms with Crippen LogP contribution in [0.4, 0.5) is 0 Å². The summed E-state index contributed by atoms with van der Waals surface area (Å²) >= 11 is 0. The predicted molar refractivity (Wildman–Crippen MR) is 65.7 cm³/mol. The van der Waals surface area contributed by atoms with Crippen molar-refractivity contribution in [3.05, 3.63) is 0 Å². The minimum Gasteiger partial charge on any atom is -0.459 e. The summed E-state index contributed by atoms with van der Waals surface area (Å²) in [6.45, 7) is 10.7. The summed E-state index contributed by atoms with van der Waals surface area (Å²) in [4.78, 5) is 23.8. The molecular weight excluding hydrogens is 220 g/mol. The van der Waals surface area contributed by atoms with Gasteiger partial charge < -0.3 is 9.47 Å². The van der Waals surface area contributed by atoms with Crippen LogP contribution in [-0.2, 0) is 19.1 Å². The van der Waals surface area contributed by atoms with Crippen LogP contribution < -0.4 is 0 Å². The number of ether oxygens (including phenoxy) is 2. The predicted octanol–water partition coefficient (Wildman–Crippen LogP) is 2.20. The van der Waals surface area contributed by atoms with Gasteiger partial charge in [-0.05, 0) is 33.6 Å². The van der Waals surface area contributed by atoms with E-state index in [9.17, 15) is 9.59 Å². The van der Waals surface area contributed by atoms with Gasteiger partial charge in [0.25, 0.3) is 0 Å². The number of Topliss-reactive ketones (excluding diaryl/α,β-unsaturated/α-hetero) is 1. The summed E-state index contributed by atoms with van der Waals surface area (Å²) in [7, 11) is 1.48. The van der Waals surface area contributed by atoms with Crippen molar-refractivity contribution >= 4 is 11.8 Å². The van der Waals surface area contributed by atoms with Crippen molar-refractivity contribution in [2.24, 2.45) is 11.8 Å². The molecule has 0 aromatic heterocycles. The molecule has 0 amide bonds. The van der Waals surface area contributed by atoms with Crippen LogP contribution in [0, 0.1) is 11.8 Å². The summed E-state index contributed by atoms with van der Waals surface area (Å²) in [6, 6.07) is 0. The van der Waals surface area contributed by atoms with E-state index >= 15 is 0 Å². The van der Waals surface area contributed by atoms with Crippen LogP contribution in [0.2, 0.25) is 0 Å². The molecule has 0 aromatic carbocycles. The average Bonchev–Trinajstić information content (AvgIpc) is 2.14. The highest BCUT2D eigenvalue weighted by atomic mass is 16.6. The zero-order valence-electron chi connectivity index (χ0n) is 11.9. The second-order valence-electron chi connectivity index (χ2n) is 5.56. The van der Waals surface area contributed by atoms with Gasteiger partial charge in [-0.25, -0.2) is 0 Å². The van der Waals surface area contributed by atoms with E-state index in [1.165, 1.54) is 7.11 Å². The number of rotatable bonds is 5. The van der Waals surface area contributed by atoms with Crippen molar-refractivity contribution < 1.29 is 19.1 Å². The largest absolute Gasteiger partial charge is 0.459 e. The number of carbonyl (C=O) groups is 2. The number of hydrogen-bond acceptors (Lipinski definition) is 4. The van der Waals surface area contributed by atoms with Gasteiger partial charge in [0.2, 0.25) is 0 Å². The molecule has 0 fully saturated rings.